The van der Waals surface area contributed by atoms with E-state index < -0.39 is 6.09 Å². The van der Waals surface area contributed by atoms with Crippen molar-refractivity contribution in [3.05, 3.63) is 0 Å². The van der Waals surface area contributed by atoms with Crippen LogP contribution in [0, 0.1) is 11.8 Å². The monoisotopic (exact) mass is 811 g/mol. The van der Waals surface area contributed by atoms with Crippen LogP contribution in [0.2, 0.25) is 0 Å². The maximum atomic E-state index is 13.1. The Kier molecular flexibility index (Phi) is 40.9. The molecule has 0 aliphatic carbocycles. The topological polar surface area (TPSA) is 103 Å². The van der Waals surface area contributed by atoms with Crippen LogP contribution < -0.4 is 5.32 Å². The van der Waals surface area contributed by atoms with Crippen molar-refractivity contribution >= 4 is 18.0 Å². The Bertz CT molecular complexity index is 848. The molecule has 0 spiro atoms. The highest BCUT2D eigenvalue weighted by Crippen LogP contribution is 2.23. The number of nitrogens with one attached hydrogen (secondary N) is 1. The number of unbranched alkanes of at least 4 members (excludes halogenated alkanes) is 18. The molecule has 57 heavy (non-hydrogen) atoms. The van der Waals surface area contributed by atoms with E-state index in [1.807, 2.05) is 14.1 Å². The van der Waals surface area contributed by atoms with Crippen molar-refractivity contribution in [2.45, 2.75) is 226 Å². The number of amides is 1. The van der Waals surface area contributed by atoms with Gasteiger partial charge in [0.2, 0.25) is 0 Å². The van der Waals surface area contributed by atoms with Crippen LogP contribution in [-0.4, -0.2) is 82.6 Å². The first-order valence-corrected chi connectivity index (χ1v) is 24.3. The summed E-state index contributed by atoms with van der Waals surface area (Å²) in [5.74, 6) is -0.0733. The number of hydrogen-bond acceptors (Lipinski definition) is 8. The minimum Gasteiger partial charge on any atom is -0.465 e. The van der Waals surface area contributed by atoms with Crippen LogP contribution in [0.3, 0.4) is 0 Å². The fourth-order valence-corrected chi connectivity index (χ4v) is 7.30. The van der Waals surface area contributed by atoms with Gasteiger partial charge in [-0.2, -0.15) is 0 Å². The molecular weight excluding hydrogens is 717 g/mol. The molecule has 0 aromatic heterocycles. The number of carbonyl (C=O) groups is 3. The Morgan fingerprint density at radius 1 is 0.456 bits per heavy atom. The Hall–Kier alpha value is -1.87. The predicted octanol–water partition coefficient (Wildman–Crippen LogP) is 12.8. The fraction of sp³-hybridized carbons (Fsp3) is 0.938. The van der Waals surface area contributed by atoms with Crippen molar-refractivity contribution in [3.63, 3.8) is 0 Å². The minimum atomic E-state index is -0.435. The molecule has 0 aliphatic heterocycles. The van der Waals surface area contributed by atoms with E-state index in [0.717, 1.165) is 83.6 Å². The SMILES string of the molecule is CCCCCCCCC(CCCCCC)C(=O)OCCCCC(CCCCOC(=O)C(CCCCCC)CCCCCCCC)OC(=O)NCCOCCN(C)C. The number of alkyl carbamates (subject to hydrolysis) is 1. The first-order chi connectivity index (χ1) is 27.8. The van der Waals surface area contributed by atoms with Crippen LogP contribution in [0.1, 0.15) is 220 Å². The van der Waals surface area contributed by atoms with Crippen molar-refractivity contribution in [2.24, 2.45) is 11.8 Å². The van der Waals surface area contributed by atoms with Crippen molar-refractivity contribution in [1.29, 1.82) is 0 Å². The molecule has 338 valence electrons. The molecule has 9 heteroatoms. The molecule has 1 amide bonds. The van der Waals surface area contributed by atoms with Gasteiger partial charge < -0.3 is 29.2 Å². The Labute approximate surface area is 352 Å². The molecule has 1 N–H and O–H groups in total. The van der Waals surface area contributed by atoms with Gasteiger partial charge in [-0.3, -0.25) is 9.59 Å². The van der Waals surface area contributed by atoms with Crippen LogP contribution in [0.4, 0.5) is 4.79 Å². The Balaban J connectivity index is 4.97. The third kappa shape index (κ3) is 36.9. The van der Waals surface area contributed by atoms with Crippen molar-refractivity contribution < 1.29 is 33.3 Å². The van der Waals surface area contributed by atoms with E-state index in [-0.39, 0.29) is 29.9 Å². The smallest absolute Gasteiger partial charge is 0.407 e. The van der Waals surface area contributed by atoms with Gasteiger partial charge in [0.05, 0.1) is 38.3 Å². The summed E-state index contributed by atoms with van der Waals surface area (Å²) in [6.45, 7) is 12.0. The average molecular weight is 811 g/mol. The third-order valence-electron chi connectivity index (χ3n) is 11.1. The highest BCUT2D eigenvalue weighted by atomic mass is 16.6. The summed E-state index contributed by atoms with van der Waals surface area (Å²) in [6, 6.07) is 0. The lowest BCUT2D eigenvalue weighted by Gasteiger charge is -2.19. The molecule has 0 aliphatic rings. The van der Waals surface area contributed by atoms with Gasteiger partial charge in [0.15, 0.2) is 0 Å². The minimum absolute atomic E-state index is 0.000609. The van der Waals surface area contributed by atoms with Gasteiger partial charge in [-0.15, -0.1) is 0 Å². The van der Waals surface area contributed by atoms with E-state index in [9.17, 15) is 14.4 Å². The number of rotatable bonds is 43. The van der Waals surface area contributed by atoms with E-state index in [0.29, 0.717) is 45.8 Å². The summed E-state index contributed by atoms with van der Waals surface area (Å²) in [7, 11) is 4.00. The van der Waals surface area contributed by atoms with Gasteiger partial charge in [0.1, 0.15) is 6.10 Å². The van der Waals surface area contributed by atoms with E-state index in [1.54, 1.807) is 0 Å². The number of hydrogen-bond donors (Lipinski definition) is 1. The quantitative estimate of drug-likeness (QED) is 0.0369. The second-order valence-corrected chi connectivity index (χ2v) is 16.9. The fourth-order valence-electron chi connectivity index (χ4n) is 7.30. The molecule has 2 unspecified atom stereocenters. The average Bonchev–Trinajstić information content (AvgIpc) is 3.19. The zero-order valence-electron chi connectivity index (χ0n) is 38.5. The summed E-state index contributed by atoms with van der Waals surface area (Å²) < 4.78 is 23.2. The van der Waals surface area contributed by atoms with Crippen molar-refractivity contribution in [1.82, 2.24) is 10.2 Å². The van der Waals surface area contributed by atoms with Crippen LogP contribution in [0.5, 0.6) is 0 Å². The summed E-state index contributed by atoms with van der Waals surface area (Å²) in [4.78, 5) is 41.1. The van der Waals surface area contributed by atoms with Gasteiger partial charge in [0, 0.05) is 13.1 Å². The lowest BCUT2D eigenvalue weighted by atomic mass is 9.94. The molecule has 0 rings (SSSR count). The molecule has 0 aromatic carbocycles. The number of ether oxygens (including phenoxy) is 4. The summed E-state index contributed by atoms with van der Waals surface area (Å²) >= 11 is 0. The first-order valence-electron chi connectivity index (χ1n) is 24.3. The van der Waals surface area contributed by atoms with Gasteiger partial charge in [-0.25, -0.2) is 4.79 Å². The Morgan fingerprint density at radius 2 is 0.825 bits per heavy atom. The van der Waals surface area contributed by atoms with Crippen LogP contribution in [-0.2, 0) is 28.5 Å². The van der Waals surface area contributed by atoms with Crippen molar-refractivity contribution in [2.75, 3.05) is 53.6 Å². The van der Waals surface area contributed by atoms with E-state index >= 15 is 0 Å². The number of esters is 2. The lowest BCUT2D eigenvalue weighted by Crippen LogP contribution is -2.32. The Morgan fingerprint density at radius 3 is 1.23 bits per heavy atom. The lowest BCUT2D eigenvalue weighted by molar-refractivity contribution is -0.150. The molecule has 0 saturated carbocycles. The van der Waals surface area contributed by atoms with Crippen LogP contribution in [0.25, 0.3) is 0 Å². The summed E-state index contributed by atoms with van der Waals surface area (Å²) in [5.41, 5.74) is 0. The second kappa shape index (κ2) is 42.3. The summed E-state index contributed by atoms with van der Waals surface area (Å²) in [6.07, 6.45) is 31.5. The van der Waals surface area contributed by atoms with Crippen LogP contribution >= 0.6 is 0 Å². The van der Waals surface area contributed by atoms with Gasteiger partial charge in [-0.1, -0.05) is 156 Å². The summed E-state index contributed by atoms with van der Waals surface area (Å²) in [5, 5.41) is 2.83. The van der Waals surface area contributed by atoms with Gasteiger partial charge in [0.25, 0.3) is 0 Å². The molecule has 0 saturated heterocycles. The normalized spacial score (nSPS) is 13.0. The largest absolute Gasteiger partial charge is 0.465 e. The zero-order valence-corrected chi connectivity index (χ0v) is 38.5. The maximum absolute atomic E-state index is 13.1. The molecular formula is C48H94N2O7. The second-order valence-electron chi connectivity index (χ2n) is 16.9. The molecule has 0 aromatic rings. The molecule has 9 nitrogen and oxygen atoms in total. The molecule has 0 heterocycles. The standard InChI is InChI=1S/C48H94N2O7/c1-7-11-15-19-21-25-33-43(31-23-17-13-9-3)46(51)55-39-29-27-35-45(57-48(53)49-37-41-54-42-38-50(5)6)36-28-30-40-56-47(52)44(32-24-18-14-10-4)34-26-22-20-16-12-8-2/h43-45H,7-42H2,1-6H3,(H,49,53). The van der Waals surface area contributed by atoms with E-state index in [4.69, 9.17) is 18.9 Å². The highest BCUT2D eigenvalue weighted by molar-refractivity contribution is 5.72. The molecule has 0 bridgehead atoms. The van der Waals surface area contributed by atoms with Gasteiger partial charge in [-0.05, 0) is 78.3 Å². The molecule has 0 fully saturated rings. The molecule has 0 radical (unpaired) electrons. The number of nitrogens with zero attached hydrogens (tertiary/aromatic N) is 1. The highest BCUT2D eigenvalue weighted by Gasteiger charge is 2.21. The zero-order chi connectivity index (χ0) is 42.0. The first kappa shape index (κ1) is 55.1. The molecule has 2 atom stereocenters. The van der Waals surface area contributed by atoms with Crippen LogP contribution in [0.15, 0.2) is 0 Å². The van der Waals surface area contributed by atoms with E-state index in [2.05, 4.69) is 37.9 Å². The number of carbonyl (C=O) groups excluding carboxylic acids is 3. The van der Waals surface area contributed by atoms with E-state index in [1.165, 1.54) is 103 Å². The maximum Gasteiger partial charge on any atom is 0.407 e. The van der Waals surface area contributed by atoms with Gasteiger partial charge >= 0.3 is 18.0 Å². The predicted molar refractivity (Wildman–Crippen MR) is 238 cm³/mol. The number of likely N-dealkylation sites (N-methyl/N-ethyl adjacent to an activating group) is 1. The third-order valence-corrected chi connectivity index (χ3v) is 11.1. The van der Waals surface area contributed by atoms with Crippen molar-refractivity contribution in [3.8, 4) is 0 Å².